The minimum absolute atomic E-state index is 0.0965. The van der Waals surface area contributed by atoms with Crippen LogP contribution in [-0.2, 0) is 10.0 Å². The van der Waals surface area contributed by atoms with Crippen molar-refractivity contribution in [2.75, 3.05) is 6.54 Å². The fraction of sp³-hybridized carbons (Fsp3) is 0.250. The van der Waals surface area contributed by atoms with Gasteiger partial charge < -0.3 is 0 Å². The first kappa shape index (κ1) is 12.6. The monoisotopic (exact) mass is 297 g/mol. The van der Waals surface area contributed by atoms with Gasteiger partial charge in [-0.3, -0.25) is 5.21 Å². The lowest BCUT2D eigenvalue weighted by Gasteiger charge is -2.13. The Morgan fingerprint density at radius 1 is 1.53 bits per heavy atom. The highest BCUT2D eigenvalue weighted by Gasteiger charge is 2.24. The third-order valence-electron chi connectivity index (χ3n) is 1.72. The number of hydrogen-bond donors (Lipinski definition) is 1. The molecule has 0 aromatic heterocycles. The summed E-state index contributed by atoms with van der Waals surface area (Å²) in [5.41, 5.74) is 0. The number of rotatable bonds is 3. The number of nitrogens with zero attached hydrogens (tertiary/aromatic N) is 1. The maximum absolute atomic E-state index is 13.3. The zero-order valence-electron chi connectivity index (χ0n) is 7.81. The number of sulfonamides is 1. The lowest BCUT2D eigenvalue weighted by atomic mass is 10.3. The first-order valence-corrected chi connectivity index (χ1v) is 6.29. The van der Waals surface area contributed by atoms with Gasteiger partial charge in [0, 0.05) is 11.0 Å². The summed E-state index contributed by atoms with van der Waals surface area (Å²) in [6.07, 6.45) is 0. The van der Waals surface area contributed by atoms with Gasteiger partial charge in [-0.05, 0) is 25.1 Å². The Morgan fingerprint density at radius 3 is 2.60 bits per heavy atom. The molecule has 0 heterocycles. The van der Waals surface area contributed by atoms with Gasteiger partial charge in [0.25, 0.3) is 10.0 Å². The molecule has 0 aliphatic heterocycles. The zero-order valence-corrected chi connectivity index (χ0v) is 10.2. The summed E-state index contributed by atoms with van der Waals surface area (Å²) in [7, 11) is -4.14. The van der Waals surface area contributed by atoms with Crippen molar-refractivity contribution in [1.82, 2.24) is 4.47 Å². The maximum Gasteiger partial charge on any atom is 0.267 e. The second kappa shape index (κ2) is 4.56. The van der Waals surface area contributed by atoms with E-state index in [4.69, 9.17) is 5.21 Å². The molecule has 0 radical (unpaired) electrons. The molecule has 0 atom stereocenters. The van der Waals surface area contributed by atoms with E-state index in [1.807, 2.05) is 0 Å². The molecule has 0 saturated carbocycles. The molecule has 1 aromatic rings. The number of benzene rings is 1. The van der Waals surface area contributed by atoms with Gasteiger partial charge in [0.05, 0.1) is 0 Å². The van der Waals surface area contributed by atoms with Crippen molar-refractivity contribution in [3.63, 3.8) is 0 Å². The largest absolute Gasteiger partial charge is 0.299 e. The van der Waals surface area contributed by atoms with Crippen LogP contribution in [0.4, 0.5) is 4.39 Å². The van der Waals surface area contributed by atoms with Crippen LogP contribution in [0.1, 0.15) is 6.92 Å². The molecule has 0 saturated heterocycles. The number of halogens is 2. The molecule has 0 bridgehead atoms. The molecule has 0 spiro atoms. The SMILES string of the molecule is CCN(O)S(=O)(=O)c1ccc(Br)cc1F. The van der Waals surface area contributed by atoms with Crippen molar-refractivity contribution in [2.24, 2.45) is 0 Å². The predicted octanol–water partition coefficient (Wildman–Crippen LogP) is 1.99. The number of hydrogen-bond acceptors (Lipinski definition) is 3. The van der Waals surface area contributed by atoms with Gasteiger partial charge in [-0.15, -0.1) is 0 Å². The first-order chi connectivity index (χ1) is 6.89. The fourth-order valence-electron chi connectivity index (χ4n) is 0.968. The van der Waals surface area contributed by atoms with Crippen LogP contribution in [0, 0.1) is 5.82 Å². The third kappa shape index (κ3) is 2.54. The Hall–Kier alpha value is -0.500. The van der Waals surface area contributed by atoms with Gasteiger partial charge in [-0.25, -0.2) is 12.8 Å². The molecular formula is C8H9BrFNO3S. The quantitative estimate of drug-likeness (QED) is 0.868. The molecule has 4 nitrogen and oxygen atoms in total. The smallest absolute Gasteiger partial charge is 0.267 e. The summed E-state index contributed by atoms with van der Waals surface area (Å²) in [6, 6.07) is 3.50. The highest BCUT2D eigenvalue weighted by molar-refractivity contribution is 9.10. The van der Waals surface area contributed by atoms with E-state index in [0.29, 0.717) is 4.47 Å². The second-order valence-electron chi connectivity index (χ2n) is 2.72. The van der Waals surface area contributed by atoms with Gasteiger partial charge >= 0.3 is 0 Å². The molecule has 1 N–H and O–H groups in total. The van der Waals surface area contributed by atoms with Gasteiger partial charge in [0.15, 0.2) is 0 Å². The lowest BCUT2D eigenvalue weighted by molar-refractivity contribution is 0.00833. The summed E-state index contributed by atoms with van der Waals surface area (Å²) < 4.78 is 36.9. The fourth-order valence-corrected chi connectivity index (χ4v) is 2.41. The molecule has 7 heteroatoms. The van der Waals surface area contributed by atoms with Crippen LogP contribution in [0.3, 0.4) is 0 Å². The summed E-state index contributed by atoms with van der Waals surface area (Å²) in [6.45, 7) is 1.30. The molecule has 1 aromatic carbocycles. The Bertz CT molecular complexity index is 463. The third-order valence-corrected chi connectivity index (χ3v) is 3.91. The maximum atomic E-state index is 13.3. The van der Waals surface area contributed by atoms with Crippen molar-refractivity contribution in [3.05, 3.63) is 28.5 Å². The Kier molecular flexibility index (Phi) is 3.82. The van der Waals surface area contributed by atoms with Crippen LogP contribution >= 0.6 is 15.9 Å². The van der Waals surface area contributed by atoms with Crippen molar-refractivity contribution in [1.29, 1.82) is 0 Å². The molecule has 15 heavy (non-hydrogen) atoms. The van der Waals surface area contributed by atoms with Gasteiger partial charge in [-0.2, -0.15) is 0 Å². The summed E-state index contributed by atoms with van der Waals surface area (Å²) in [4.78, 5) is -0.546. The van der Waals surface area contributed by atoms with Crippen molar-refractivity contribution in [3.8, 4) is 0 Å². The molecule has 0 aliphatic rings. The van der Waals surface area contributed by atoms with E-state index in [0.717, 1.165) is 12.1 Å². The first-order valence-electron chi connectivity index (χ1n) is 4.06. The van der Waals surface area contributed by atoms with Crippen LogP contribution in [-0.4, -0.2) is 24.6 Å². The van der Waals surface area contributed by atoms with Crippen molar-refractivity contribution in [2.45, 2.75) is 11.8 Å². The van der Waals surface area contributed by atoms with Gasteiger partial charge in [-0.1, -0.05) is 20.4 Å². The number of hydroxylamine groups is 1. The van der Waals surface area contributed by atoms with Crippen LogP contribution in [0.25, 0.3) is 0 Å². The van der Waals surface area contributed by atoms with Gasteiger partial charge in [0.1, 0.15) is 10.7 Å². The summed E-state index contributed by atoms with van der Waals surface area (Å²) in [5.74, 6) is -0.906. The molecule has 0 fully saturated rings. The summed E-state index contributed by atoms with van der Waals surface area (Å²) in [5, 5.41) is 9.10. The Labute approximate surface area is 95.5 Å². The van der Waals surface area contributed by atoms with E-state index in [2.05, 4.69) is 15.9 Å². The van der Waals surface area contributed by atoms with E-state index in [1.54, 1.807) is 0 Å². The zero-order chi connectivity index (χ0) is 11.6. The molecule has 84 valence electrons. The van der Waals surface area contributed by atoms with E-state index in [9.17, 15) is 12.8 Å². The average Bonchev–Trinajstić information content (AvgIpc) is 2.15. The van der Waals surface area contributed by atoms with Gasteiger partial charge in [0.2, 0.25) is 0 Å². The van der Waals surface area contributed by atoms with Crippen LogP contribution in [0.2, 0.25) is 0 Å². The van der Waals surface area contributed by atoms with Crippen molar-refractivity contribution < 1.29 is 18.0 Å². The summed E-state index contributed by atoms with van der Waals surface area (Å²) >= 11 is 3.01. The Morgan fingerprint density at radius 2 is 2.13 bits per heavy atom. The average molecular weight is 298 g/mol. The normalized spacial score (nSPS) is 12.1. The molecular weight excluding hydrogens is 289 g/mol. The van der Waals surface area contributed by atoms with E-state index in [-0.39, 0.29) is 11.0 Å². The predicted molar refractivity (Wildman–Crippen MR) is 55.5 cm³/mol. The highest BCUT2D eigenvalue weighted by Crippen LogP contribution is 2.21. The topological polar surface area (TPSA) is 57.6 Å². The Balaban J connectivity index is 3.28. The van der Waals surface area contributed by atoms with Crippen molar-refractivity contribution >= 4 is 26.0 Å². The lowest BCUT2D eigenvalue weighted by Crippen LogP contribution is -2.27. The minimum atomic E-state index is -4.14. The van der Waals surface area contributed by atoms with Crippen LogP contribution in [0.15, 0.2) is 27.6 Å². The molecule has 1 rings (SSSR count). The highest BCUT2D eigenvalue weighted by atomic mass is 79.9. The van der Waals surface area contributed by atoms with Crippen LogP contribution in [0.5, 0.6) is 0 Å². The standard InChI is InChI=1S/C8H9BrFNO3S/c1-2-11(12)15(13,14)8-4-3-6(9)5-7(8)10/h3-5,12H,2H2,1H3. The minimum Gasteiger partial charge on any atom is -0.299 e. The van der Waals surface area contributed by atoms with E-state index >= 15 is 0 Å². The van der Waals surface area contributed by atoms with E-state index in [1.165, 1.54) is 13.0 Å². The molecule has 0 aliphatic carbocycles. The molecule has 0 unspecified atom stereocenters. The van der Waals surface area contributed by atoms with E-state index < -0.39 is 20.7 Å². The molecule has 0 amide bonds. The second-order valence-corrected chi connectivity index (χ2v) is 5.45. The van der Waals surface area contributed by atoms with Crippen LogP contribution < -0.4 is 0 Å².